The maximum Gasteiger partial charge on any atom is 0.104 e. The summed E-state index contributed by atoms with van der Waals surface area (Å²) in [6.07, 6.45) is 4.34. The van der Waals surface area contributed by atoms with Crippen LogP contribution in [0, 0.1) is 6.58 Å². The fourth-order valence-electron chi connectivity index (χ4n) is 0.557. The smallest absolute Gasteiger partial charge is 0.104 e. The number of nitrogens with zero attached hydrogens (tertiary/aromatic N) is 2. The average molecular weight is 288 g/mol. The fraction of sp³-hybridized carbons (Fsp3) is 0. The topological polar surface area (TPSA) is 34.9 Å². The minimum Gasteiger partial charge on any atom is -0.534 e. The van der Waals surface area contributed by atoms with Gasteiger partial charge in [-0.2, -0.15) is 12.5 Å². The third-order valence-electron chi connectivity index (χ3n) is 0.992. The molecule has 0 aliphatic heterocycles. The largest absolute Gasteiger partial charge is 0.534 e. The van der Waals surface area contributed by atoms with Crippen LogP contribution in [0.15, 0.2) is 10.8 Å². The molecule has 0 bridgehead atoms. The SMILES string of the molecule is [CH-]=Cn1c(Br)cnc1[C-]=O.[Y]. The molecule has 0 N–H and O–H groups in total. The molecular weight excluding hydrogens is 285 g/mol. The van der Waals surface area contributed by atoms with E-state index in [1.165, 1.54) is 17.0 Å². The van der Waals surface area contributed by atoms with Crippen LogP contribution in [0.4, 0.5) is 0 Å². The summed E-state index contributed by atoms with van der Waals surface area (Å²) in [6.45, 7) is 5.16. The molecule has 1 aromatic rings. The van der Waals surface area contributed by atoms with E-state index in [1.54, 1.807) is 6.29 Å². The predicted octanol–water partition coefficient (Wildman–Crippen LogP) is 1.00. The Labute approximate surface area is 97.9 Å². The molecule has 0 spiro atoms. The second-order valence-corrected chi connectivity index (χ2v) is 2.34. The van der Waals surface area contributed by atoms with Gasteiger partial charge in [0.15, 0.2) is 0 Å². The van der Waals surface area contributed by atoms with Crippen molar-refractivity contribution in [2.24, 2.45) is 0 Å². The minimum atomic E-state index is 0. The van der Waals surface area contributed by atoms with Crippen molar-refractivity contribution >= 4 is 28.4 Å². The third kappa shape index (κ3) is 2.32. The molecule has 0 aromatic carbocycles. The maximum atomic E-state index is 10.1. The van der Waals surface area contributed by atoms with E-state index < -0.39 is 0 Å². The molecule has 0 amide bonds. The van der Waals surface area contributed by atoms with Crippen LogP contribution in [0.25, 0.3) is 6.20 Å². The maximum absolute atomic E-state index is 10.1. The van der Waals surface area contributed by atoms with Crippen LogP contribution in [-0.4, -0.2) is 15.8 Å². The summed E-state index contributed by atoms with van der Waals surface area (Å²) in [6, 6.07) is 0. The van der Waals surface area contributed by atoms with E-state index in [-0.39, 0.29) is 38.5 Å². The number of hydrogen-bond donors (Lipinski definition) is 0. The summed E-state index contributed by atoms with van der Waals surface area (Å²) in [7, 11) is 0. The Morgan fingerprint density at radius 2 is 2.45 bits per heavy atom. The molecule has 3 nitrogen and oxygen atoms in total. The van der Waals surface area contributed by atoms with Crippen LogP contribution < -0.4 is 0 Å². The van der Waals surface area contributed by atoms with E-state index in [0.29, 0.717) is 4.60 Å². The van der Waals surface area contributed by atoms with Gasteiger partial charge in [-0.1, -0.05) is 0 Å². The van der Waals surface area contributed by atoms with Crippen LogP contribution in [-0.2, 0) is 37.5 Å². The molecule has 1 radical (unpaired) electrons. The molecule has 0 saturated carbocycles. The molecule has 0 atom stereocenters. The Morgan fingerprint density at radius 3 is 2.82 bits per heavy atom. The number of aromatic nitrogens is 2. The second-order valence-electron chi connectivity index (χ2n) is 1.53. The Bertz CT molecular complexity index is 272. The van der Waals surface area contributed by atoms with E-state index >= 15 is 0 Å². The Balaban J connectivity index is 0.000001000. The van der Waals surface area contributed by atoms with Gasteiger partial charge in [-0.3, -0.25) is 4.98 Å². The van der Waals surface area contributed by atoms with E-state index in [9.17, 15) is 4.79 Å². The van der Waals surface area contributed by atoms with Crippen molar-refractivity contribution < 1.29 is 37.5 Å². The van der Waals surface area contributed by atoms with Gasteiger partial charge in [0.05, 0.1) is 6.20 Å². The molecule has 55 valence electrons. The monoisotopic (exact) mass is 287 g/mol. The van der Waals surface area contributed by atoms with Gasteiger partial charge in [0.2, 0.25) is 0 Å². The van der Waals surface area contributed by atoms with Crippen molar-refractivity contribution in [3.8, 4) is 0 Å². The van der Waals surface area contributed by atoms with Crippen LogP contribution in [0.1, 0.15) is 5.82 Å². The van der Waals surface area contributed by atoms with Gasteiger partial charge in [-0.05, 0) is 21.8 Å². The number of carbonyl (C=O) groups excluding carboxylic acids is 1. The first-order valence-electron chi connectivity index (χ1n) is 2.45. The second kappa shape index (κ2) is 4.96. The van der Waals surface area contributed by atoms with Crippen LogP contribution in [0.5, 0.6) is 0 Å². The third-order valence-corrected chi connectivity index (χ3v) is 1.58. The number of rotatable bonds is 2. The molecule has 1 rings (SSSR count). The molecule has 11 heavy (non-hydrogen) atoms. The minimum absolute atomic E-state index is 0. The Morgan fingerprint density at radius 1 is 1.82 bits per heavy atom. The number of imidazole rings is 1. The van der Waals surface area contributed by atoms with Crippen LogP contribution in [0.3, 0.4) is 0 Å². The molecule has 0 unspecified atom stereocenters. The molecule has 0 aliphatic rings. The Hall–Kier alpha value is 0.204. The van der Waals surface area contributed by atoms with Gasteiger partial charge in [-0.25, -0.2) is 0 Å². The molecule has 0 fully saturated rings. The fourth-order valence-corrected chi connectivity index (χ4v) is 0.946. The summed E-state index contributed by atoms with van der Waals surface area (Å²) in [4.78, 5) is 13.8. The van der Waals surface area contributed by atoms with Crippen LogP contribution >= 0.6 is 15.9 Å². The first-order chi connectivity index (χ1) is 4.79. The van der Waals surface area contributed by atoms with Crippen molar-refractivity contribution in [2.45, 2.75) is 0 Å². The van der Waals surface area contributed by atoms with E-state index in [2.05, 4.69) is 20.9 Å². The molecule has 1 heterocycles. The van der Waals surface area contributed by atoms with Gasteiger partial charge >= 0.3 is 0 Å². The quantitative estimate of drug-likeness (QED) is 0.761. The van der Waals surface area contributed by atoms with Crippen molar-refractivity contribution in [3.63, 3.8) is 0 Å². The standard InChI is InChI=1S/C6H3BrN2O.Y/c1-2-9-5(7)3-8-6(9)4-10;/h1-3H;/q-2;. The summed E-state index contributed by atoms with van der Waals surface area (Å²) in [5.74, 6) is 0.161. The zero-order valence-corrected chi connectivity index (χ0v) is 9.91. The van der Waals surface area contributed by atoms with Crippen molar-refractivity contribution in [3.05, 3.63) is 23.2 Å². The van der Waals surface area contributed by atoms with E-state index in [0.717, 1.165) is 0 Å². The predicted molar refractivity (Wildman–Crippen MR) is 39.8 cm³/mol. The summed E-state index contributed by atoms with van der Waals surface area (Å²) in [5.41, 5.74) is 0. The zero-order valence-electron chi connectivity index (χ0n) is 5.49. The van der Waals surface area contributed by atoms with E-state index in [4.69, 9.17) is 6.58 Å². The average Bonchev–Trinajstić information content (AvgIpc) is 2.30. The normalized spacial score (nSPS) is 8.45. The Kier molecular flexibility index (Phi) is 5.05. The van der Waals surface area contributed by atoms with Crippen LogP contribution in [0.2, 0.25) is 0 Å². The van der Waals surface area contributed by atoms with Gasteiger partial charge in [0.1, 0.15) is 4.60 Å². The van der Waals surface area contributed by atoms with Crippen molar-refractivity contribution in [2.75, 3.05) is 0 Å². The molecule has 5 heteroatoms. The summed E-state index contributed by atoms with van der Waals surface area (Å²) >= 11 is 3.13. The van der Waals surface area contributed by atoms with Gasteiger partial charge in [0.25, 0.3) is 0 Å². The van der Waals surface area contributed by atoms with Crippen molar-refractivity contribution in [1.82, 2.24) is 9.55 Å². The summed E-state index contributed by atoms with van der Waals surface area (Å²) in [5, 5.41) is 0. The van der Waals surface area contributed by atoms with E-state index in [1.807, 2.05) is 0 Å². The summed E-state index contributed by atoms with van der Waals surface area (Å²) < 4.78 is 2.01. The van der Waals surface area contributed by atoms with Gasteiger partial charge in [0, 0.05) is 32.7 Å². The molecule has 1 aromatic heterocycles. The van der Waals surface area contributed by atoms with Crippen molar-refractivity contribution in [1.29, 1.82) is 0 Å². The molecule has 0 saturated heterocycles. The number of halogens is 1. The molecular formula is C6H3BrN2OY-2. The molecule has 0 aliphatic carbocycles. The van der Waals surface area contributed by atoms with Gasteiger partial charge < -0.3 is 15.9 Å². The first-order valence-corrected chi connectivity index (χ1v) is 3.25. The number of hydrogen-bond acceptors (Lipinski definition) is 2. The first kappa shape index (κ1) is 11.2. The van der Waals surface area contributed by atoms with Gasteiger partial charge in [-0.15, -0.1) is 0 Å². The zero-order chi connectivity index (χ0) is 7.56.